The Morgan fingerprint density at radius 1 is 1.08 bits per heavy atom. The molecular formula is C28H39Cl2N5O2. The fraction of sp³-hybridized carbons (Fsp3) is 0.536. The maximum Gasteiger partial charge on any atom is 0.173 e. The molecule has 0 amide bonds. The van der Waals surface area contributed by atoms with Gasteiger partial charge in [-0.15, -0.1) is 24.8 Å². The number of likely N-dealkylation sites (tertiary alicyclic amines) is 1. The number of aromatic nitrogens is 2. The van der Waals surface area contributed by atoms with E-state index < -0.39 is 0 Å². The highest BCUT2D eigenvalue weighted by atomic mass is 35.5. The number of pyridine rings is 1. The molecule has 37 heavy (non-hydrogen) atoms. The lowest BCUT2D eigenvalue weighted by Gasteiger charge is -2.31. The van der Waals surface area contributed by atoms with Crippen molar-refractivity contribution in [3.63, 3.8) is 0 Å². The lowest BCUT2D eigenvalue weighted by Crippen LogP contribution is -2.33. The van der Waals surface area contributed by atoms with Crippen molar-refractivity contribution >= 4 is 35.8 Å². The highest BCUT2D eigenvalue weighted by Crippen LogP contribution is 2.34. The molecule has 0 unspecified atom stereocenters. The Morgan fingerprint density at radius 3 is 2.43 bits per heavy atom. The number of nitriles is 1. The van der Waals surface area contributed by atoms with E-state index in [2.05, 4.69) is 45.5 Å². The van der Waals surface area contributed by atoms with Gasteiger partial charge >= 0.3 is 0 Å². The van der Waals surface area contributed by atoms with Crippen LogP contribution >= 0.6 is 24.8 Å². The average molecular weight is 549 g/mol. The van der Waals surface area contributed by atoms with Gasteiger partial charge in [-0.05, 0) is 108 Å². The molecule has 0 bridgehead atoms. The molecule has 1 aliphatic carbocycles. The molecule has 202 valence electrons. The molecule has 3 heterocycles. The van der Waals surface area contributed by atoms with Gasteiger partial charge < -0.3 is 14.6 Å². The first-order valence-corrected chi connectivity index (χ1v) is 12.8. The standard InChI is InChI=1S/C26H30N4O2.C2H7N.2ClH/c1-18-25(31-17-20-2-3-20)9-7-23-24(29-32-26(18)23)8-5-19-10-12-30(13-11-19)16-21-4-6-22(14-27)28-15-21;1-3-2;;/h4,6-7,9,15,19-20H,2-3,5,8,10-13,16-17H2,1H3;3H,1-2H3;2*1H. The second-order valence-electron chi connectivity index (χ2n) is 9.87. The minimum atomic E-state index is 0. The van der Waals surface area contributed by atoms with Crippen molar-refractivity contribution in [1.29, 1.82) is 5.26 Å². The van der Waals surface area contributed by atoms with Crippen LogP contribution < -0.4 is 10.1 Å². The normalized spacial score (nSPS) is 15.6. The number of fused-ring (bicyclic) bond motifs is 1. The second-order valence-corrected chi connectivity index (χ2v) is 9.87. The summed E-state index contributed by atoms with van der Waals surface area (Å²) in [6.07, 6.45) is 8.92. The summed E-state index contributed by atoms with van der Waals surface area (Å²) in [7, 11) is 3.75. The van der Waals surface area contributed by atoms with Crippen LogP contribution in [-0.2, 0) is 13.0 Å². The Kier molecular flexibility index (Phi) is 12.6. The number of piperidine rings is 1. The summed E-state index contributed by atoms with van der Waals surface area (Å²) in [5.41, 5.74) is 4.66. The third-order valence-electron chi connectivity index (χ3n) is 6.93. The van der Waals surface area contributed by atoms with Crippen LogP contribution in [0, 0.1) is 30.1 Å². The molecule has 7 nitrogen and oxygen atoms in total. The lowest BCUT2D eigenvalue weighted by molar-refractivity contribution is 0.172. The van der Waals surface area contributed by atoms with Gasteiger partial charge in [0.2, 0.25) is 0 Å². The van der Waals surface area contributed by atoms with Crippen molar-refractivity contribution in [3.05, 3.63) is 53.0 Å². The van der Waals surface area contributed by atoms with Crippen LogP contribution in [0.25, 0.3) is 11.0 Å². The molecule has 1 saturated carbocycles. The maximum absolute atomic E-state index is 8.89. The third-order valence-corrected chi connectivity index (χ3v) is 6.93. The summed E-state index contributed by atoms with van der Waals surface area (Å²) >= 11 is 0. The Bertz CT molecular complexity index is 1130. The van der Waals surface area contributed by atoms with Gasteiger partial charge in [0, 0.05) is 23.7 Å². The summed E-state index contributed by atoms with van der Waals surface area (Å²) in [5, 5.41) is 17.2. The summed E-state index contributed by atoms with van der Waals surface area (Å²) < 4.78 is 11.7. The Labute approximate surface area is 232 Å². The topological polar surface area (TPSA) is 87.2 Å². The Balaban J connectivity index is 0.000000919. The number of halogens is 2. The number of aryl methyl sites for hydroxylation is 2. The zero-order valence-corrected chi connectivity index (χ0v) is 23.7. The van der Waals surface area contributed by atoms with E-state index in [-0.39, 0.29) is 24.8 Å². The van der Waals surface area contributed by atoms with E-state index in [1.54, 1.807) is 6.07 Å². The van der Waals surface area contributed by atoms with Crippen molar-refractivity contribution in [2.75, 3.05) is 33.8 Å². The number of benzene rings is 1. The molecule has 0 radical (unpaired) electrons. The Morgan fingerprint density at radius 2 is 1.81 bits per heavy atom. The molecule has 9 heteroatoms. The first kappa shape index (κ1) is 30.9. The molecule has 0 spiro atoms. The SMILES string of the molecule is CNC.Cc1c(OCC2CC2)ccc2c(CCC3CCN(Cc4ccc(C#N)nc4)CC3)noc12.Cl.Cl. The number of rotatable bonds is 8. The van der Waals surface area contributed by atoms with E-state index in [1.807, 2.05) is 26.4 Å². The molecule has 0 atom stereocenters. The van der Waals surface area contributed by atoms with Gasteiger partial charge in [-0.3, -0.25) is 4.90 Å². The highest BCUT2D eigenvalue weighted by Gasteiger charge is 2.23. The zero-order chi connectivity index (χ0) is 24.6. The smallest absolute Gasteiger partial charge is 0.173 e. The van der Waals surface area contributed by atoms with Gasteiger partial charge in [0.1, 0.15) is 17.5 Å². The quantitative estimate of drug-likeness (QED) is 0.386. The van der Waals surface area contributed by atoms with E-state index in [0.717, 1.165) is 78.9 Å². The summed E-state index contributed by atoms with van der Waals surface area (Å²) in [5.74, 6) is 2.39. The fourth-order valence-corrected chi connectivity index (χ4v) is 4.61. The molecule has 2 aromatic heterocycles. The molecule has 5 rings (SSSR count). The summed E-state index contributed by atoms with van der Waals surface area (Å²) in [4.78, 5) is 6.66. The van der Waals surface area contributed by atoms with E-state index in [0.29, 0.717) is 5.69 Å². The van der Waals surface area contributed by atoms with Crippen LogP contribution in [0.1, 0.15) is 54.6 Å². The maximum atomic E-state index is 8.89. The van der Waals surface area contributed by atoms with Crippen molar-refractivity contribution < 1.29 is 9.26 Å². The highest BCUT2D eigenvalue weighted by molar-refractivity contribution is 5.86. The largest absolute Gasteiger partial charge is 0.493 e. The van der Waals surface area contributed by atoms with Gasteiger partial charge in [0.25, 0.3) is 0 Å². The predicted octanol–water partition coefficient (Wildman–Crippen LogP) is 5.72. The molecule has 2 fully saturated rings. The molecule has 1 saturated heterocycles. The first-order valence-electron chi connectivity index (χ1n) is 12.8. The fourth-order valence-electron chi connectivity index (χ4n) is 4.61. The molecule has 1 N–H and O–H groups in total. The molecule has 3 aromatic rings. The van der Waals surface area contributed by atoms with E-state index in [9.17, 15) is 0 Å². The molecule has 2 aliphatic rings. The predicted molar refractivity (Wildman–Crippen MR) is 152 cm³/mol. The van der Waals surface area contributed by atoms with Gasteiger partial charge in [-0.2, -0.15) is 5.26 Å². The van der Waals surface area contributed by atoms with Gasteiger partial charge in [-0.1, -0.05) is 11.2 Å². The first-order chi connectivity index (χ1) is 17.1. The van der Waals surface area contributed by atoms with E-state index in [4.69, 9.17) is 14.5 Å². The minimum Gasteiger partial charge on any atom is -0.493 e. The molecular weight excluding hydrogens is 509 g/mol. The average Bonchev–Trinajstić information content (AvgIpc) is 3.62. The summed E-state index contributed by atoms with van der Waals surface area (Å²) in [6, 6.07) is 10.1. The van der Waals surface area contributed by atoms with Crippen LogP contribution in [0.4, 0.5) is 0 Å². The van der Waals surface area contributed by atoms with Crippen LogP contribution in [0.15, 0.2) is 35.0 Å². The van der Waals surface area contributed by atoms with Gasteiger partial charge in [0.05, 0.1) is 12.3 Å². The van der Waals surface area contributed by atoms with Crippen LogP contribution in [-0.4, -0.2) is 48.8 Å². The number of nitrogens with zero attached hydrogens (tertiary/aromatic N) is 4. The monoisotopic (exact) mass is 547 g/mol. The number of hydrogen-bond donors (Lipinski definition) is 1. The van der Waals surface area contributed by atoms with Gasteiger partial charge in [-0.25, -0.2) is 4.98 Å². The van der Waals surface area contributed by atoms with Crippen LogP contribution in [0.3, 0.4) is 0 Å². The van der Waals surface area contributed by atoms with Crippen LogP contribution in [0.2, 0.25) is 0 Å². The van der Waals surface area contributed by atoms with Crippen molar-refractivity contribution in [1.82, 2.24) is 20.4 Å². The van der Waals surface area contributed by atoms with Gasteiger partial charge in [0.15, 0.2) is 5.58 Å². The number of hydrogen-bond acceptors (Lipinski definition) is 7. The number of nitrogens with one attached hydrogen (secondary N) is 1. The van der Waals surface area contributed by atoms with E-state index in [1.165, 1.54) is 31.2 Å². The van der Waals surface area contributed by atoms with Crippen molar-refractivity contribution in [2.24, 2.45) is 11.8 Å². The molecule has 1 aliphatic heterocycles. The van der Waals surface area contributed by atoms with E-state index >= 15 is 0 Å². The minimum absolute atomic E-state index is 0. The Hall–Kier alpha value is -2.37. The zero-order valence-electron chi connectivity index (χ0n) is 22.0. The number of ether oxygens (including phenoxy) is 1. The molecule has 1 aromatic carbocycles. The summed E-state index contributed by atoms with van der Waals surface area (Å²) in [6.45, 7) is 5.99. The lowest BCUT2D eigenvalue weighted by atomic mass is 9.91. The third kappa shape index (κ3) is 8.58. The van der Waals surface area contributed by atoms with Crippen LogP contribution in [0.5, 0.6) is 5.75 Å². The van der Waals surface area contributed by atoms with Crippen molar-refractivity contribution in [3.8, 4) is 11.8 Å². The second kappa shape index (κ2) is 15.1. The van der Waals surface area contributed by atoms with Crippen molar-refractivity contribution in [2.45, 2.75) is 52.0 Å².